The number of hydrogen-bond donors (Lipinski definition) is 1. The van der Waals surface area contributed by atoms with E-state index in [1.54, 1.807) is 0 Å². The summed E-state index contributed by atoms with van der Waals surface area (Å²) in [7, 11) is 0. The van der Waals surface area contributed by atoms with Crippen LogP contribution in [-0.2, 0) is 0 Å². The highest BCUT2D eigenvalue weighted by atomic mass is 16.3. The molecule has 0 bridgehead atoms. The fourth-order valence-electron chi connectivity index (χ4n) is 2.37. The normalized spacial score (nSPS) is 36.3. The second kappa shape index (κ2) is 2.23. The lowest BCUT2D eigenvalue weighted by Gasteiger charge is -2.27. The van der Waals surface area contributed by atoms with E-state index in [4.69, 9.17) is 5.11 Å². The van der Waals surface area contributed by atoms with Gasteiger partial charge in [-0.25, -0.2) is 0 Å². The fourth-order valence-corrected chi connectivity index (χ4v) is 2.37. The monoisotopic (exact) mass is 140 g/mol. The third-order valence-corrected chi connectivity index (χ3v) is 3.26. The molecule has 2 aliphatic carbocycles. The van der Waals surface area contributed by atoms with Crippen LogP contribution < -0.4 is 0 Å². The Morgan fingerprint density at radius 2 is 2.10 bits per heavy atom. The first-order chi connectivity index (χ1) is 4.85. The van der Waals surface area contributed by atoms with E-state index in [1.165, 1.54) is 38.5 Å². The second-order valence-corrected chi connectivity index (χ2v) is 4.14. The van der Waals surface area contributed by atoms with Crippen molar-refractivity contribution in [3.05, 3.63) is 0 Å². The lowest BCUT2D eigenvalue weighted by Crippen LogP contribution is -2.18. The van der Waals surface area contributed by atoms with Crippen LogP contribution in [0.2, 0.25) is 0 Å². The topological polar surface area (TPSA) is 20.2 Å². The van der Waals surface area contributed by atoms with E-state index in [0.717, 1.165) is 5.41 Å². The Morgan fingerprint density at radius 3 is 2.70 bits per heavy atom. The third-order valence-electron chi connectivity index (χ3n) is 3.26. The molecule has 1 atom stereocenters. The van der Waals surface area contributed by atoms with Crippen LogP contribution in [0, 0.1) is 11.3 Å². The van der Waals surface area contributed by atoms with Gasteiger partial charge in [0.15, 0.2) is 0 Å². The third kappa shape index (κ3) is 1.07. The Labute approximate surface area is 62.4 Å². The summed E-state index contributed by atoms with van der Waals surface area (Å²) in [5, 5.41) is 8.95. The minimum atomic E-state index is 0.432. The van der Waals surface area contributed by atoms with Gasteiger partial charge in [0.25, 0.3) is 0 Å². The summed E-state index contributed by atoms with van der Waals surface area (Å²) in [5.41, 5.74) is 0.742. The SMILES string of the molecule is OCC1CCCC2(CC2)C1. The van der Waals surface area contributed by atoms with Gasteiger partial charge in [-0.2, -0.15) is 0 Å². The zero-order valence-corrected chi connectivity index (χ0v) is 6.47. The highest BCUT2D eigenvalue weighted by molar-refractivity contribution is 4.96. The lowest BCUT2D eigenvalue weighted by molar-refractivity contribution is 0.152. The van der Waals surface area contributed by atoms with E-state index in [-0.39, 0.29) is 0 Å². The van der Waals surface area contributed by atoms with Gasteiger partial charge >= 0.3 is 0 Å². The molecule has 1 N–H and O–H groups in total. The summed E-state index contributed by atoms with van der Waals surface area (Å²) in [6, 6.07) is 0. The largest absolute Gasteiger partial charge is 0.396 e. The van der Waals surface area contributed by atoms with Crippen LogP contribution in [0.25, 0.3) is 0 Å². The Bertz CT molecular complexity index is 127. The van der Waals surface area contributed by atoms with Gasteiger partial charge in [0, 0.05) is 6.61 Å². The van der Waals surface area contributed by atoms with Crippen LogP contribution in [-0.4, -0.2) is 11.7 Å². The van der Waals surface area contributed by atoms with Crippen LogP contribution in [0.1, 0.15) is 38.5 Å². The van der Waals surface area contributed by atoms with Gasteiger partial charge in [-0.05, 0) is 43.4 Å². The molecule has 2 aliphatic rings. The van der Waals surface area contributed by atoms with Crippen molar-refractivity contribution in [3.63, 3.8) is 0 Å². The van der Waals surface area contributed by atoms with Crippen LogP contribution in [0.3, 0.4) is 0 Å². The number of aliphatic hydroxyl groups excluding tert-OH is 1. The molecule has 1 nitrogen and oxygen atoms in total. The van der Waals surface area contributed by atoms with Crippen molar-refractivity contribution in [2.24, 2.45) is 11.3 Å². The van der Waals surface area contributed by atoms with E-state index in [9.17, 15) is 0 Å². The molecule has 0 heterocycles. The highest BCUT2D eigenvalue weighted by Gasteiger charge is 2.45. The van der Waals surface area contributed by atoms with Crippen molar-refractivity contribution in [1.82, 2.24) is 0 Å². The summed E-state index contributed by atoms with van der Waals surface area (Å²) in [4.78, 5) is 0. The van der Waals surface area contributed by atoms with Crippen molar-refractivity contribution in [1.29, 1.82) is 0 Å². The van der Waals surface area contributed by atoms with Gasteiger partial charge in [-0.1, -0.05) is 6.42 Å². The van der Waals surface area contributed by atoms with Gasteiger partial charge in [-0.15, -0.1) is 0 Å². The number of hydrogen-bond acceptors (Lipinski definition) is 1. The highest BCUT2D eigenvalue weighted by Crippen LogP contribution is 2.57. The van der Waals surface area contributed by atoms with Gasteiger partial charge in [-0.3, -0.25) is 0 Å². The molecule has 58 valence electrons. The van der Waals surface area contributed by atoms with Crippen LogP contribution >= 0.6 is 0 Å². The zero-order chi connectivity index (χ0) is 7.03. The minimum Gasteiger partial charge on any atom is -0.396 e. The van der Waals surface area contributed by atoms with Crippen LogP contribution in [0.15, 0.2) is 0 Å². The van der Waals surface area contributed by atoms with E-state index in [0.29, 0.717) is 12.5 Å². The predicted molar refractivity (Wildman–Crippen MR) is 40.7 cm³/mol. The molecule has 0 aliphatic heterocycles. The number of rotatable bonds is 1. The lowest BCUT2D eigenvalue weighted by atomic mass is 9.79. The first kappa shape index (κ1) is 6.66. The Balaban J connectivity index is 1.91. The van der Waals surface area contributed by atoms with Crippen molar-refractivity contribution in [2.75, 3.05) is 6.61 Å². The van der Waals surface area contributed by atoms with Crippen LogP contribution in [0.4, 0.5) is 0 Å². The smallest absolute Gasteiger partial charge is 0.0459 e. The Hall–Kier alpha value is -0.0400. The summed E-state index contributed by atoms with van der Waals surface area (Å²) in [6.07, 6.45) is 8.31. The standard InChI is InChI=1S/C9H16O/c10-7-8-2-1-3-9(6-8)4-5-9/h8,10H,1-7H2. The maximum absolute atomic E-state index is 8.95. The molecule has 0 aromatic rings. The van der Waals surface area contributed by atoms with Gasteiger partial charge in [0.1, 0.15) is 0 Å². The second-order valence-electron chi connectivity index (χ2n) is 4.14. The molecular weight excluding hydrogens is 124 g/mol. The molecule has 0 aromatic carbocycles. The minimum absolute atomic E-state index is 0.432. The Morgan fingerprint density at radius 1 is 1.30 bits per heavy atom. The first-order valence-electron chi connectivity index (χ1n) is 4.46. The quantitative estimate of drug-likeness (QED) is 0.590. The summed E-state index contributed by atoms with van der Waals surface area (Å²) in [5.74, 6) is 0.649. The molecule has 0 aromatic heterocycles. The Kier molecular flexibility index (Phi) is 1.48. The molecule has 1 heteroatoms. The molecule has 2 fully saturated rings. The van der Waals surface area contributed by atoms with Gasteiger partial charge < -0.3 is 5.11 Å². The molecular formula is C9H16O. The average molecular weight is 140 g/mol. The summed E-state index contributed by atoms with van der Waals surface area (Å²) in [6.45, 7) is 0.432. The van der Waals surface area contributed by atoms with Crippen molar-refractivity contribution >= 4 is 0 Å². The van der Waals surface area contributed by atoms with Gasteiger partial charge in [0.05, 0.1) is 0 Å². The molecule has 1 unspecified atom stereocenters. The molecule has 2 rings (SSSR count). The van der Waals surface area contributed by atoms with Crippen molar-refractivity contribution in [2.45, 2.75) is 38.5 Å². The summed E-state index contributed by atoms with van der Waals surface area (Å²) >= 11 is 0. The van der Waals surface area contributed by atoms with Gasteiger partial charge in [0.2, 0.25) is 0 Å². The predicted octanol–water partition coefficient (Wildman–Crippen LogP) is 1.95. The fraction of sp³-hybridized carbons (Fsp3) is 1.00. The molecule has 1 spiro atoms. The molecule has 10 heavy (non-hydrogen) atoms. The molecule has 0 saturated heterocycles. The van der Waals surface area contributed by atoms with E-state index >= 15 is 0 Å². The maximum Gasteiger partial charge on any atom is 0.0459 e. The number of aliphatic hydroxyl groups is 1. The zero-order valence-electron chi connectivity index (χ0n) is 6.47. The van der Waals surface area contributed by atoms with Crippen molar-refractivity contribution < 1.29 is 5.11 Å². The van der Waals surface area contributed by atoms with Crippen molar-refractivity contribution in [3.8, 4) is 0 Å². The van der Waals surface area contributed by atoms with E-state index < -0.39 is 0 Å². The molecule has 2 saturated carbocycles. The van der Waals surface area contributed by atoms with E-state index in [2.05, 4.69) is 0 Å². The van der Waals surface area contributed by atoms with Crippen LogP contribution in [0.5, 0.6) is 0 Å². The first-order valence-corrected chi connectivity index (χ1v) is 4.46. The average Bonchev–Trinajstić information content (AvgIpc) is 2.70. The maximum atomic E-state index is 8.95. The molecule has 0 radical (unpaired) electrons. The molecule has 0 amide bonds. The van der Waals surface area contributed by atoms with E-state index in [1.807, 2.05) is 0 Å². The summed E-state index contributed by atoms with van der Waals surface area (Å²) < 4.78 is 0.